The lowest BCUT2D eigenvalue weighted by molar-refractivity contribution is -0.137. The van der Waals surface area contributed by atoms with Gasteiger partial charge in [-0.2, -0.15) is 5.26 Å². The first kappa shape index (κ1) is 18.7. The van der Waals surface area contributed by atoms with E-state index in [-0.39, 0.29) is 23.8 Å². The summed E-state index contributed by atoms with van der Waals surface area (Å²) in [7, 11) is 0. The fraction of sp³-hybridized carbons (Fsp3) is 0.833. The summed E-state index contributed by atoms with van der Waals surface area (Å²) in [4.78, 5) is 28.6. The summed E-state index contributed by atoms with van der Waals surface area (Å²) in [6.45, 7) is 8.45. The fourth-order valence-corrected chi connectivity index (χ4v) is 3.62. The third kappa shape index (κ3) is 4.27. The van der Waals surface area contributed by atoms with Gasteiger partial charge in [-0.1, -0.05) is 33.1 Å². The fourth-order valence-electron chi connectivity index (χ4n) is 3.62. The number of amides is 2. The van der Waals surface area contributed by atoms with Gasteiger partial charge in [0.2, 0.25) is 11.8 Å². The van der Waals surface area contributed by atoms with E-state index < -0.39 is 5.54 Å². The van der Waals surface area contributed by atoms with Gasteiger partial charge in [-0.05, 0) is 19.8 Å². The zero-order valence-electron chi connectivity index (χ0n) is 15.2. The van der Waals surface area contributed by atoms with Gasteiger partial charge in [0, 0.05) is 32.1 Å². The molecular weight excluding hydrogens is 304 g/mol. The number of nitriles is 1. The summed E-state index contributed by atoms with van der Waals surface area (Å²) in [5.41, 5.74) is -0.682. The average Bonchev–Trinajstić information content (AvgIpc) is 2.61. The molecule has 24 heavy (non-hydrogen) atoms. The molecule has 0 aromatic carbocycles. The van der Waals surface area contributed by atoms with Crippen LogP contribution in [-0.2, 0) is 9.59 Å². The molecule has 2 amide bonds. The molecule has 0 spiro atoms. The maximum absolute atomic E-state index is 12.6. The minimum atomic E-state index is -0.682. The molecule has 1 aliphatic carbocycles. The Morgan fingerprint density at radius 3 is 2.12 bits per heavy atom. The van der Waals surface area contributed by atoms with Crippen LogP contribution < -0.4 is 5.32 Å². The lowest BCUT2D eigenvalue weighted by Gasteiger charge is -2.39. The molecule has 6 nitrogen and oxygen atoms in total. The van der Waals surface area contributed by atoms with Gasteiger partial charge in [0.1, 0.15) is 5.54 Å². The second-order valence-corrected chi connectivity index (χ2v) is 7.44. The molecule has 1 saturated heterocycles. The number of nitrogens with zero attached hydrogens (tertiary/aromatic N) is 3. The Labute approximate surface area is 145 Å². The van der Waals surface area contributed by atoms with Crippen molar-refractivity contribution in [1.29, 1.82) is 5.26 Å². The highest BCUT2D eigenvalue weighted by Gasteiger charge is 2.36. The number of carbonyl (C=O) groups excluding carboxylic acids is 2. The first-order valence-electron chi connectivity index (χ1n) is 9.15. The van der Waals surface area contributed by atoms with Crippen molar-refractivity contribution in [3.8, 4) is 6.07 Å². The van der Waals surface area contributed by atoms with Crippen molar-refractivity contribution in [2.45, 2.75) is 64.5 Å². The molecule has 0 aromatic rings. The molecule has 134 valence electrons. The lowest BCUT2D eigenvalue weighted by Crippen LogP contribution is -2.58. The van der Waals surface area contributed by atoms with Gasteiger partial charge < -0.3 is 10.2 Å². The van der Waals surface area contributed by atoms with Crippen LogP contribution >= 0.6 is 0 Å². The van der Waals surface area contributed by atoms with Gasteiger partial charge in [-0.3, -0.25) is 14.5 Å². The van der Waals surface area contributed by atoms with Crippen LogP contribution in [0.2, 0.25) is 0 Å². The van der Waals surface area contributed by atoms with Gasteiger partial charge in [0.15, 0.2) is 0 Å². The number of nitrogens with one attached hydrogen (secondary N) is 1. The minimum absolute atomic E-state index is 0.0130. The number of hydrogen-bond acceptors (Lipinski definition) is 4. The van der Waals surface area contributed by atoms with E-state index in [4.69, 9.17) is 0 Å². The van der Waals surface area contributed by atoms with Gasteiger partial charge in [0.25, 0.3) is 0 Å². The van der Waals surface area contributed by atoms with Gasteiger partial charge in [-0.25, -0.2) is 0 Å². The average molecular weight is 334 g/mol. The van der Waals surface area contributed by atoms with Crippen molar-refractivity contribution in [1.82, 2.24) is 15.1 Å². The van der Waals surface area contributed by atoms with Gasteiger partial charge >= 0.3 is 0 Å². The van der Waals surface area contributed by atoms with Crippen molar-refractivity contribution in [3.63, 3.8) is 0 Å². The molecule has 1 atom stereocenters. The smallest absolute Gasteiger partial charge is 0.238 e. The van der Waals surface area contributed by atoms with E-state index >= 15 is 0 Å². The maximum atomic E-state index is 12.6. The molecule has 1 saturated carbocycles. The molecular formula is C18H30N4O2. The molecule has 1 heterocycles. The zero-order chi connectivity index (χ0) is 17.7. The van der Waals surface area contributed by atoms with Gasteiger partial charge in [0.05, 0.1) is 12.1 Å². The van der Waals surface area contributed by atoms with Crippen molar-refractivity contribution in [2.75, 3.05) is 26.2 Å². The molecule has 0 bridgehead atoms. The Hall–Kier alpha value is -1.61. The van der Waals surface area contributed by atoms with Gasteiger partial charge in [-0.15, -0.1) is 0 Å². The largest absolute Gasteiger partial charge is 0.340 e. The molecule has 1 N–H and O–H groups in total. The van der Waals surface area contributed by atoms with Crippen LogP contribution in [0, 0.1) is 17.2 Å². The third-order valence-corrected chi connectivity index (χ3v) is 5.33. The van der Waals surface area contributed by atoms with Crippen LogP contribution in [0.1, 0.15) is 52.9 Å². The quantitative estimate of drug-likeness (QED) is 0.846. The van der Waals surface area contributed by atoms with Crippen molar-refractivity contribution < 1.29 is 9.59 Å². The second kappa shape index (κ2) is 7.98. The van der Waals surface area contributed by atoms with E-state index in [1.807, 2.05) is 25.7 Å². The predicted octanol–water partition coefficient (Wildman–Crippen LogP) is 1.52. The molecule has 2 fully saturated rings. The van der Waals surface area contributed by atoms with E-state index in [0.717, 1.165) is 32.1 Å². The van der Waals surface area contributed by atoms with Crippen molar-refractivity contribution in [2.24, 2.45) is 5.92 Å². The number of piperazine rings is 1. The molecule has 0 aromatic heterocycles. The predicted molar refractivity (Wildman–Crippen MR) is 92.0 cm³/mol. The monoisotopic (exact) mass is 334 g/mol. The summed E-state index contributed by atoms with van der Waals surface area (Å²) < 4.78 is 0. The lowest BCUT2D eigenvalue weighted by atomic mass is 9.82. The number of rotatable bonds is 4. The Kier molecular flexibility index (Phi) is 6.22. The summed E-state index contributed by atoms with van der Waals surface area (Å²) in [5, 5.41) is 12.5. The van der Waals surface area contributed by atoms with Crippen LogP contribution in [0.5, 0.6) is 0 Å². The summed E-state index contributed by atoms with van der Waals surface area (Å²) in [5.74, 6) is 0.124. The Balaban J connectivity index is 1.88. The van der Waals surface area contributed by atoms with Crippen LogP contribution in [0.25, 0.3) is 0 Å². The van der Waals surface area contributed by atoms with Crippen LogP contribution in [-0.4, -0.2) is 59.4 Å². The molecule has 6 heteroatoms. The van der Waals surface area contributed by atoms with Crippen LogP contribution in [0.15, 0.2) is 0 Å². The third-order valence-electron chi connectivity index (χ3n) is 5.33. The second-order valence-electron chi connectivity index (χ2n) is 7.44. The van der Waals surface area contributed by atoms with Crippen molar-refractivity contribution in [3.05, 3.63) is 0 Å². The highest BCUT2D eigenvalue weighted by Crippen LogP contribution is 2.27. The molecule has 2 rings (SSSR count). The first-order chi connectivity index (χ1) is 11.4. The van der Waals surface area contributed by atoms with E-state index in [1.165, 1.54) is 0 Å². The topological polar surface area (TPSA) is 76.4 Å². The zero-order valence-corrected chi connectivity index (χ0v) is 15.2. The molecule has 1 aliphatic heterocycles. The van der Waals surface area contributed by atoms with Crippen LogP contribution in [0.4, 0.5) is 0 Å². The van der Waals surface area contributed by atoms with Crippen molar-refractivity contribution >= 4 is 11.8 Å². The van der Waals surface area contributed by atoms with E-state index in [2.05, 4.69) is 16.3 Å². The van der Waals surface area contributed by atoms with E-state index in [9.17, 15) is 14.9 Å². The number of carbonyl (C=O) groups is 2. The Morgan fingerprint density at radius 2 is 1.62 bits per heavy atom. The summed E-state index contributed by atoms with van der Waals surface area (Å²) in [6.07, 6.45) is 4.63. The molecule has 2 aliphatic rings. The molecule has 1 unspecified atom stereocenters. The summed E-state index contributed by atoms with van der Waals surface area (Å²) in [6, 6.07) is 2.07. The first-order valence-corrected chi connectivity index (χ1v) is 9.15. The Morgan fingerprint density at radius 1 is 1.04 bits per heavy atom. The Bertz CT molecular complexity index is 498. The SMILES string of the molecule is CC(C)C(=O)N1CCN(C(C)C(=O)NC2(C#N)CCCCC2)CC1. The van der Waals surface area contributed by atoms with E-state index in [1.54, 1.807) is 0 Å². The number of hydrogen-bond donors (Lipinski definition) is 1. The van der Waals surface area contributed by atoms with Crippen LogP contribution in [0.3, 0.4) is 0 Å². The highest BCUT2D eigenvalue weighted by atomic mass is 16.2. The normalized spacial score (nSPS) is 22.7. The highest BCUT2D eigenvalue weighted by molar-refractivity contribution is 5.82. The van der Waals surface area contributed by atoms with E-state index in [0.29, 0.717) is 26.2 Å². The summed E-state index contributed by atoms with van der Waals surface area (Å²) >= 11 is 0. The minimum Gasteiger partial charge on any atom is -0.340 e. The maximum Gasteiger partial charge on any atom is 0.238 e. The standard InChI is InChI=1S/C18H30N4O2/c1-14(2)17(24)22-11-9-21(10-12-22)15(3)16(23)20-18(13-19)7-5-4-6-8-18/h14-15H,4-12H2,1-3H3,(H,20,23). The molecule has 0 radical (unpaired) electrons.